The first-order valence-corrected chi connectivity index (χ1v) is 4.76. The summed E-state index contributed by atoms with van der Waals surface area (Å²) in [7, 11) is 1.82. The number of aryl methyl sites for hydroxylation is 2. The molecule has 2 N–H and O–H groups in total. The summed E-state index contributed by atoms with van der Waals surface area (Å²) in [4.78, 5) is 4.34. The van der Waals surface area contributed by atoms with E-state index in [0.29, 0.717) is 5.82 Å². The van der Waals surface area contributed by atoms with Crippen LogP contribution in [0.5, 0.6) is 0 Å². The first kappa shape index (κ1) is 8.25. The number of nitrogens with two attached hydrogens (primary N) is 1. The molecule has 0 aliphatic carbocycles. The summed E-state index contributed by atoms with van der Waals surface area (Å²) in [6, 6.07) is 0. The van der Waals surface area contributed by atoms with E-state index in [9.17, 15) is 0 Å². The number of nitrogens with zero attached hydrogens (tertiary/aromatic N) is 3. The molecule has 2 aromatic rings. The highest BCUT2D eigenvalue weighted by atomic mass is 32.1. The predicted octanol–water partition coefficient (Wildman–Crippen LogP) is 1.43. The fraction of sp³-hybridized carbons (Fsp3) is 0.250. The highest BCUT2D eigenvalue weighted by Crippen LogP contribution is 2.27. The molecule has 4 nitrogen and oxygen atoms in total. The molecule has 0 aliphatic heterocycles. The molecule has 2 heterocycles. The lowest BCUT2D eigenvalue weighted by molar-refractivity contribution is 0.779. The number of hydrogen-bond donors (Lipinski definition) is 1. The Morgan fingerprint density at radius 3 is 2.77 bits per heavy atom. The molecule has 0 unspecified atom stereocenters. The van der Waals surface area contributed by atoms with Gasteiger partial charge in [-0.2, -0.15) is 5.10 Å². The number of hydrogen-bond acceptors (Lipinski definition) is 4. The third-order valence-corrected chi connectivity index (χ3v) is 2.83. The van der Waals surface area contributed by atoms with Crippen LogP contribution in [0.2, 0.25) is 0 Å². The summed E-state index contributed by atoms with van der Waals surface area (Å²) in [6.07, 6.45) is 1.74. The molecule has 0 aliphatic rings. The third-order valence-electron chi connectivity index (χ3n) is 1.83. The molecule has 0 bridgehead atoms. The quantitative estimate of drug-likeness (QED) is 0.747. The second-order valence-corrected chi connectivity index (χ2v) is 3.72. The fourth-order valence-corrected chi connectivity index (χ4v) is 1.91. The number of thiazole rings is 1. The van der Waals surface area contributed by atoms with Crippen LogP contribution in [-0.4, -0.2) is 14.8 Å². The zero-order valence-corrected chi connectivity index (χ0v) is 8.30. The van der Waals surface area contributed by atoms with E-state index in [1.54, 1.807) is 22.2 Å². The van der Waals surface area contributed by atoms with Gasteiger partial charge in [0.1, 0.15) is 10.8 Å². The molecule has 0 fully saturated rings. The molecule has 0 spiro atoms. The van der Waals surface area contributed by atoms with Gasteiger partial charge in [0.05, 0.1) is 11.8 Å². The largest absolute Gasteiger partial charge is 0.383 e. The van der Waals surface area contributed by atoms with E-state index in [4.69, 9.17) is 5.73 Å². The highest BCUT2D eigenvalue weighted by Gasteiger charge is 2.09. The maximum absolute atomic E-state index is 5.81. The van der Waals surface area contributed by atoms with Crippen LogP contribution in [0.25, 0.3) is 10.6 Å². The Kier molecular flexibility index (Phi) is 1.81. The molecule has 0 atom stereocenters. The summed E-state index contributed by atoms with van der Waals surface area (Å²) in [5, 5.41) is 7.00. The van der Waals surface area contributed by atoms with Crippen LogP contribution in [0.1, 0.15) is 5.69 Å². The Hall–Kier alpha value is -1.36. The number of anilines is 1. The van der Waals surface area contributed by atoms with Crippen molar-refractivity contribution in [3.63, 3.8) is 0 Å². The molecule has 68 valence electrons. The molecular formula is C8H10N4S. The minimum absolute atomic E-state index is 0.661. The van der Waals surface area contributed by atoms with Crippen LogP contribution in [-0.2, 0) is 7.05 Å². The van der Waals surface area contributed by atoms with Crippen LogP contribution in [0.3, 0.4) is 0 Å². The van der Waals surface area contributed by atoms with E-state index < -0.39 is 0 Å². The standard InChI is InChI=1S/C8H10N4S/c1-5-4-13-8(11-5)6-3-10-12(2)7(6)9/h3-4H,9H2,1-2H3. The zero-order valence-electron chi connectivity index (χ0n) is 7.48. The van der Waals surface area contributed by atoms with E-state index >= 15 is 0 Å². The first-order chi connectivity index (χ1) is 6.18. The SMILES string of the molecule is Cc1csc(-c2cnn(C)c2N)n1. The van der Waals surface area contributed by atoms with E-state index in [0.717, 1.165) is 16.3 Å². The van der Waals surface area contributed by atoms with Gasteiger partial charge in [-0.25, -0.2) is 4.98 Å². The number of nitrogen functional groups attached to an aromatic ring is 1. The topological polar surface area (TPSA) is 56.7 Å². The maximum Gasteiger partial charge on any atom is 0.131 e. The van der Waals surface area contributed by atoms with Gasteiger partial charge in [-0.15, -0.1) is 11.3 Å². The van der Waals surface area contributed by atoms with Crippen LogP contribution in [0, 0.1) is 6.92 Å². The third kappa shape index (κ3) is 1.31. The summed E-state index contributed by atoms with van der Waals surface area (Å²) < 4.78 is 1.64. The van der Waals surface area contributed by atoms with Gasteiger partial charge in [-0.05, 0) is 6.92 Å². The molecular weight excluding hydrogens is 184 g/mol. The van der Waals surface area contributed by atoms with Gasteiger partial charge in [0, 0.05) is 18.1 Å². The summed E-state index contributed by atoms with van der Waals surface area (Å²) in [5.41, 5.74) is 7.75. The Labute approximate surface area is 80.0 Å². The fourth-order valence-electron chi connectivity index (χ4n) is 1.09. The normalized spacial score (nSPS) is 10.6. The molecule has 0 amide bonds. The van der Waals surface area contributed by atoms with E-state index in [1.165, 1.54) is 0 Å². The Bertz CT molecular complexity index is 429. The Balaban J connectivity index is 2.52. The van der Waals surface area contributed by atoms with Gasteiger partial charge in [0.15, 0.2) is 0 Å². The van der Waals surface area contributed by atoms with Gasteiger partial charge in [0.25, 0.3) is 0 Å². The van der Waals surface area contributed by atoms with Crippen LogP contribution < -0.4 is 5.73 Å². The summed E-state index contributed by atoms with van der Waals surface area (Å²) in [6.45, 7) is 1.96. The smallest absolute Gasteiger partial charge is 0.131 e. The van der Waals surface area contributed by atoms with Gasteiger partial charge in [-0.3, -0.25) is 4.68 Å². The molecule has 0 saturated carbocycles. The van der Waals surface area contributed by atoms with Crippen molar-refractivity contribution in [1.82, 2.24) is 14.8 Å². The van der Waals surface area contributed by atoms with Crippen molar-refractivity contribution in [3.8, 4) is 10.6 Å². The van der Waals surface area contributed by atoms with Gasteiger partial charge >= 0.3 is 0 Å². The minimum atomic E-state index is 0.661. The average molecular weight is 194 g/mol. The van der Waals surface area contributed by atoms with Crippen molar-refractivity contribution < 1.29 is 0 Å². The van der Waals surface area contributed by atoms with Crippen molar-refractivity contribution in [2.24, 2.45) is 7.05 Å². The van der Waals surface area contributed by atoms with Crippen LogP contribution >= 0.6 is 11.3 Å². The van der Waals surface area contributed by atoms with Gasteiger partial charge < -0.3 is 5.73 Å². The monoisotopic (exact) mass is 194 g/mol. The predicted molar refractivity (Wildman–Crippen MR) is 53.5 cm³/mol. The van der Waals surface area contributed by atoms with Crippen molar-refractivity contribution in [3.05, 3.63) is 17.3 Å². The first-order valence-electron chi connectivity index (χ1n) is 3.88. The van der Waals surface area contributed by atoms with Crippen LogP contribution in [0.15, 0.2) is 11.6 Å². The lowest BCUT2D eigenvalue weighted by atomic mass is 10.3. The average Bonchev–Trinajstić information content (AvgIpc) is 2.62. The van der Waals surface area contributed by atoms with Gasteiger partial charge in [0.2, 0.25) is 0 Å². The van der Waals surface area contributed by atoms with Crippen molar-refractivity contribution in [2.75, 3.05) is 5.73 Å². The second-order valence-electron chi connectivity index (χ2n) is 2.86. The summed E-state index contributed by atoms with van der Waals surface area (Å²) >= 11 is 1.59. The molecule has 13 heavy (non-hydrogen) atoms. The second kappa shape index (κ2) is 2.85. The van der Waals surface area contributed by atoms with Crippen LogP contribution in [0.4, 0.5) is 5.82 Å². The summed E-state index contributed by atoms with van der Waals surface area (Å²) in [5.74, 6) is 0.661. The lowest BCUT2D eigenvalue weighted by Gasteiger charge is -1.94. The van der Waals surface area contributed by atoms with E-state index in [1.807, 2.05) is 19.4 Å². The number of rotatable bonds is 1. The molecule has 0 aromatic carbocycles. The molecule has 0 saturated heterocycles. The zero-order chi connectivity index (χ0) is 9.42. The number of aromatic nitrogens is 3. The van der Waals surface area contributed by atoms with E-state index in [-0.39, 0.29) is 0 Å². The van der Waals surface area contributed by atoms with Crippen molar-refractivity contribution >= 4 is 17.2 Å². The van der Waals surface area contributed by atoms with Crippen molar-refractivity contribution in [1.29, 1.82) is 0 Å². The molecule has 5 heteroatoms. The lowest BCUT2D eigenvalue weighted by Crippen LogP contribution is -1.97. The van der Waals surface area contributed by atoms with E-state index in [2.05, 4.69) is 10.1 Å². The maximum atomic E-state index is 5.81. The minimum Gasteiger partial charge on any atom is -0.383 e. The highest BCUT2D eigenvalue weighted by molar-refractivity contribution is 7.13. The van der Waals surface area contributed by atoms with Crippen molar-refractivity contribution in [2.45, 2.75) is 6.92 Å². The Morgan fingerprint density at radius 1 is 1.54 bits per heavy atom. The Morgan fingerprint density at radius 2 is 2.31 bits per heavy atom. The molecule has 2 aromatic heterocycles. The molecule has 2 rings (SSSR count). The molecule has 0 radical (unpaired) electrons. The van der Waals surface area contributed by atoms with Gasteiger partial charge in [-0.1, -0.05) is 0 Å².